The number of halogens is 1. The molecule has 1 amide bonds. The van der Waals surface area contributed by atoms with Crippen LogP contribution in [0.4, 0.5) is 0 Å². The minimum atomic E-state index is -0.00358. The summed E-state index contributed by atoms with van der Waals surface area (Å²) in [6.07, 6.45) is 3.92. The van der Waals surface area contributed by atoms with Gasteiger partial charge in [-0.05, 0) is 57.1 Å². The minimum absolute atomic E-state index is 0.00358. The van der Waals surface area contributed by atoms with Gasteiger partial charge in [-0.25, -0.2) is 4.68 Å². The number of nitrogens with one attached hydrogen (secondary N) is 1. The van der Waals surface area contributed by atoms with Crippen molar-refractivity contribution in [3.63, 3.8) is 0 Å². The molecule has 7 nitrogen and oxygen atoms in total. The number of hydrogen-bond acceptors (Lipinski definition) is 5. The molecule has 33 heavy (non-hydrogen) atoms. The van der Waals surface area contributed by atoms with Crippen molar-refractivity contribution in [2.45, 2.75) is 65.6 Å². The molecule has 0 atom stereocenters. The quantitative estimate of drug-likeness (QED) is 0.330. The van der Waals surface area contributed by atoms with Crippen molar-refractivity contribution in [1.82, 2.24) is 29.9 Å². The highest BCUT2D eigenvalue weighted by atomic mass is 35.5. The second-order valence-electron chi connectivity index (χ2n) is 8.73. The highest BCUT2D eigenvalue weighted by Crippen LogP contribution is 2.23. The molecule has 0 aliphatic rings. The van der Waals surface area contributed by atoms with Crippen molar-refractivity contribution >= 4 is 29.3 Å². The fourth-order valence-corrected chi connectivity index (χ4v) is 4.49. The molecule has 0 fully saturated rings. The van der Waals surface area contributed by atoms with Crippen LogP contribution in [0.3, 0.4) is 0 Å². The first-order chi connectivity index (χ1) is 15.7. The lowest BCUT2D eigenvalue weighted by molar-refractivity contribution is -0.120. The van der Waals surface area contributed by atoms with E-state index in [1.807, 2.05) is 49.9 Å². The summed E-state index contributed by atoms with van der Waals surface area (Å²) in [5.74, 6) is 1.50. The first-order valence-electron chi connectivity index (χ1n) is 11.3. The normalized spacial score (nSPS) is 11.4. The van der Waals surface area contributed by atoms with Crippen LogP contribution in [0.5, 0.6) is 0 Å². The van der Waals surface area contributed by atoms with Gasteiger partial charge in [0.1, 0.15) is 5.82 Å². The van der Waals surface area contributed by atoms with Crippen molar-refractivity contribution in [2.24, 2.45) is 5.92 Å². The number of benzene rings is 1. The van der Waals surface area contributed by atoms with Crippen molar-refractivity contribution in [3.05, 3.63) is 51.6 Å². The van der Waals surface area contributed by atoms with Gasteiger partial charge in [0.25, 0.3) is 0 Å². The van der Waals surface area contributed by atoms with Crippen LogP contribution in [-0.4, -0.2) is 43.3 Å². The van der Waals surface area contributed by atoms with Crippen LogP contribution in [0, 0.1) is 26.7 Å². The van der Waals surface area contributed by atoms with Crippen LogP contribution in [0.2, 0.25) is 5.02 Å². The topological polar surface area (TPSA) is 77.6 Å². The molecular formula is C24H33ClN6OS. The Labute approximate surface area is 205 Å². The summed E-state index contributed by atoms with van der Waals surface area (Å²) >= 11 is 7.90. The summed E-state index contributed by atoms with van der Waals surface area (Å²) in [5.41, 5.74) is 4.67. The van der Waals surface area contributed by atoms with E-state index in [2.05, 4.69) is 39.0 Å². The third kappa shape index (κ3) is 6.18. The van der Waals surface area contributed by atoms with E-state index >= 15 is 0 Å². The Hall–Kier alpha value is -2.32. The third-order valence-corrected chi connectivity index (χ3v) is 6.68. The SMILES string of the molecule is CSc1nnc(CCCNC(=O)Cc2c(C)nn(-c3ccc(C)c(Cl)c3)c2C)n1CC(C)C. The zero-order chi connectivity index (χ0) is 24.1. The van der Waals surface area contributed by atoms with E-state index in [0.29, 0.717) is 23.9 Å². The first-order valence-corrected chi connectivity index (χ1v) is 12.9. The number of thioether (sulfide) groups is 1. The Balaban J connectivity index is 1.57. The van der Waals surface area contributed by atoms with Crippen LogP contribution >= 0.6 is 23.4 Å². The smallest absolute Gasteiger partial charge is 0.224 e. The second-order valence-corrected chi connectivity index (χ2v) is 9.91. The summed E-state index contributed by atoms with van der Waals surface area (Å²) in [4.78, 5) is 12.6. The van der Waals surface area contributed by atoms with E-state index in [0.717, 1.165) is 58.6 Å². The molecule has 178 valence electrons. The maximum Gasteiger partial charge on any atom is 0.224 e. The molecule has 1 N–H and O–H groups in total. The number of rotatable bonds is 10. The largest absolute Gasteiger partial charge is 0.356 e. The Bertz CT molecular complexity index is 1120. The molecule has 1 aromatic carbocycles. The Morgan fingerprint density at radius 3 is 2.64 bits per heavy atom. The van der Waals surface area contributed by atoms with Gasteiger partial charge in [0.2, 0.25) is 5.91 Å². The molecule has 0 aliphatic heterocycles. The lowest BCUT2D eigenvalue weighted by Gasteiger charge is -2.12. The average Bonchev–Trinajstić information content (AvgIpc) is 3.27. The fraction of sp³-hybridized carbons (Fsp3) is 0.500. The van der Waals surface area contributed by atoms with E-state index < -0.39 is 0 Å². The van der Waals surface area contributed by atoms with Gasteiger partial charge in [-0.1, -0.05) is 43.3 Å². The summed E-state index contributed by atoms with van der Waals surface area (Å²) in [6, 6.07) is 5.87. The summed E-state index contributed by atoms with van der Waals surface area (Å²) in [6.45, 7) is 11.8. The molecule has 3 rings (SSSR count). The van der Waals surface area contributed by atoms with Crippen LogP contribution in [0.15, 0.2) is 23.4 Å². The molecule has 0 saturated heterocycles. The predicted octanol–water partition coefficient (Wildman–Crippen LogP) is 4.71. The number of aromatic nitrogens is 5. The van der Waals surface area contributed by atoms with Gasteiger partial charge >= 0.3 is 0 Å². The standard InChI is InChI=1S/C24H33ClN6OS/c1-15(2)14-30-22(27-28-24(30)33-6)8-7-11-26-23(32)13-20-17(4)29-31(18(20)5)19-10-9-16(3)21(25)12-19/h9-10,12,15H,7-8,11,13-14H2,1-6H3,(H,26,32). The molecule has 3 aromatic rings. The molecule has 2 aromatic heterocycles. The summed E-state index contributed by atoms with van der Waals surface area (Å²) in [5, 5.41) is 18.0. The number of nitrogens with zero attached hydrogens (tertiary/aromatic N) is 5. The van der Waals surface area contributed by atoms with E-state index in [9.17, 15) is 4.79 Å². The van der Waals surface area contributed by atoms with E-state index in [-0.39, 0.29) is 5.91 Å². The first kappa shape index (κ1) is 25.3. The van der Waals surface area contributed by atoms with Crippen molar-refractivity contribution in [2.75, 3.05) is 12.8 Å². The highest BCUT2D eigenvalue weighted by molar-refractivity contribution is 7.98. The Morgan fingerprint density at radius 2 is 1.97 bits per heavy atom. The zero-order valence-electron chi connectivity index (χ0n) is 20.3. The van der Waals surface area contributed by atoms with E-state index in [1.54, 1.807) is 11.8 Å². The maximum atomic E-state index is 12.6. The van der Waals surface area contributed by atoms with Crippen molar-refractivity contribution in [1.29, 1.82) is 0 Å². The van der Waals surface area contributed by atoms with Crippen LogP contribution in [-0.2, 0) is 24.2 Å². The van der Waals surface area contributed by atoms with Gasteiger partial charge in [0, 0.05) is 35.8 Å². The molecule has 0 bridgehead atoms. The number of amides is 1. The Morgan fingerprint density at radius 1 is 1.21 bits per heavy atom. The molecule has 9 heteroatoms. The molecule has 0 unspecified atom stereocenters. The van der Waals surface area contributed by atoms with Crippen LogP contribution in [0.1, 0.15) is 48.6 Å². The van der Waals surface area contributed by atoms with Crippen LogP contribution in [0.25, 0.3) is 5.69 Å². The van der Waals surface area contributed by atoms with E-state index in [4.69, 9.17) is 11.6 Å². The predicted molar refractivity (Wildman–Crippen MR) is 134 cm³/mol. The van der Waals surface area contributed by atoms with Crippen molar-refractivity contribution < 1.29 is 4.79 Å². The van der Waals surface area contributed by atoms with Gasteiger partial charge in [0.15, 0.2) is 5.16 Å². The zero-order valence-corrected chi connectivity index (χ0v) is 21.8. The summed E-state index contributed by atoms with van der Waals surface area (Å²) < 4.78 is 4.05. The molecular weight excluding hydrogens is 456 g/mol. The lowest BCUT2D eigenvalue weighted by Crippen LogP contribution is -2.27. The van der Waals surface area contributed by atoms with Gasteiger partial charge in [-0.15, -0.1) is 10.2 Å². The summed E-state index contributed by atoms with van der Waals surface area (Å²) in [7, 11) is 0. The molecule has 0 spiro atoms. The van der Waals surface area contributed by atoms with Gasteiger partial charge in [-0.2, -0.15) is 5.10 Å². The maximum absolute atomic E-state index is 12.6. The Kier molecular flexibility index (Phi) is 8.59. The molecule has 0 saturated carbocycles. The number of carbonyl (C=O) groups excluding carboxylic acids is 1. The number of aryl methyl sites for hydroxylation is 3. The van der Waals surface area contributed by atoms with Gasteiger partial charge in [0.05, 0.1) is 17.8 Å². The third-order valence-electron chi connectivity index (χ3n) is 5.60. The average molecular weight is 489 g/mol. The highest BCUT2D eigenvalue weighted by Gasteiger charge is 2.17. The molecule has 0 radical (unpaired) electrons. The van der Waals surface area contributed by atoms with Gasteiger partial charge < -0.3 is 9.88 Å². The monoisotopic (exact) mass is 488 g/mol. The van der Waals surface area contributed by atoms with Gasteiger partial charge in [-0.3, -0.25) is 4.79 Å². The number of hydrogen-bond donors (Lipinski definition) is 1. The van der Waals surface area contributed by atoms with Crippen molar-refractivity contribution in [3.8, 4) is 5.69 Å². The molecule has 0 aliphatic carbocycles. The minimum Gasteiger partial charge on any atom is -0.356 e. The lowest BCUT2D eigenvalue weighted by atomic mass is 10.1. The molecule has 2 heterocycles. The fourth-order valence-electron chi connectivity index (χ4n) is 3.80. The van der Waals surface area contributed by atoms with E-state index in [1.165, 1.54) is 0 Å². The number of carbonyl (C=O) groups is 1. The van der Waals surface area contributed by atoms with Crippen LogP contribution < -0.4 is 5.32 Å². The second kappa shape index (κ2) is 11.2.